The van der Waals surface area contributed by atoms with Gasteiger partial charge in [0.1, 0.15) is 0 Å². The fourth-order valence-electron chi connectivity index (χ4n) is 1.23. The van der Waals surface area contributed by atoms with Crippen LogP contribution < -0.4 is 5.73 Å². The van der Waals surface area contributed by atoms with Gasteiger partial charge in [-0.3, -0.25) is 4.98 Å². The summed E-state index contributed by atoms with van der Waals surface area (Å²) in [5.74, 6) is 0.982. The topological polar surface area (TPSA) is 38.9 Å². The minimum absolute atomic E-state index is 0.511. The molecule has 0 spiro atoms. The lowest BCUT2D eigenvalue weighted by molar-refractivity contribution is 0.983. The number of aromatic nitrogens is 1. The van der Waals surface area contributed by atoms with Gasteiger partial charge in [-0.1, -0.05) is 6.07 Å². The average molecular weight is 236 g/mol. The fraction of sp³-hybridized carbons (Fsp3) is 0.182. The van der Waals surface area contributed by atoms with Gasteiger partial charge in [0, 0.05) is 18.5 Å². The van der Waals surface area contributed by atoms with Crippen molar-refractivity contribution in [1.29, 1.82) is 0 Å². The van der Waals surface area contributed by atoms with Gasteiger partial charge in [0.2, 0.25) is 0 Å². The van der Waals surface area contributed by atoms with Gasteiger partial charge in [0.15, 0.2) is 0 Å². The van der Waals surface area contributed by atoms with Crippen LogP contribution in [0.25, 0.3) is 0 Å². The number of thioether (sulfide) groups is 1. The van der Waals surface area contributed by atoms with Gasteiger partial charge < -0.3 is 5.73 Å². The second-order valence-electron chi connectivity index (χ2n) is 3.08. The van der Waals surface area contributed by atoms with E-state index in [1.807, 2.05) is 24.0 Å². The van der Waals surface area contributed by atoms with E-state index in [0.717, 1.165) is 11.4 Å². The third-order valence-electron chi connectivity index (χ3n) is 1.97. The molecule has 2 N–H and O–H groups in total. The standard InChI is InChI=1S/C11H12N2S2/c12-7-10-6-9(3-4-13-10)8-15-11-2-1-5-14-11/h1-6H,7-8,12H2. The molecule has 2 aromatic heterocycles. The van der Waals surface area contributed by atoms with Gasteiger partial charge in [-0.15, -0.1) is 23.1 Å². The zero-order valence-corrected chi connectivity index (χ0v) is 9.85. The van der Waals surface area contributed by atoms with Crippen molar-refractivity contribution in [3.63, 3.8) is 0 Å². The maximum atomic E-state index is 5.54. The number of pyridine rings is 1. The summed E-state index contributed by atoms with van der Waals surface area (Å²) in [6, 6.07) is 8.33. The summed E-state index contributed by atoms with van der Waals surface area (Å²) >= 11 is 3.62. The Kier molecular flexibility index (Phi) is 3.77. The van der Waals surface area contributed by atoms with Crippen LogP contribution >= 0.6 is 23.1 Å². The van der Waals surface area contributed by atoms with Crippen LogP contribution in [-0.2, 0) is 12.3 Å². The molecule has 15 heavy (non-hydrogen) atoms. The number of thiophene rings is 1. The Bertz CT molecular complexity index is 412. The van der Waals surface area contributed by atoms with E-state index in [0.29, 0.717) is 6.54 Å². The minimum Gasteiger partial charge on any atom is -0.325 e. The molecule has 78 valence electrons. The Labute approximate surface area is 97.5 Å². The molecule has 2 nitrogen and oxygen atoms in total. The first-order chi connectivity index (χ1) is 7.38. The molecular formula is C11H12N2S2. The van der Waals surface area contributed by atoms with E-state index in [9.17, 15) is 0 Å². The van der Waals surface area contributed by atoms with Crippen molar-refractivity contribution in [3.8, 4) is 0 Å². The number of nitrogens with zero attached hydrogens (tertiary/aromatic N) is 1. The van der Waals surface area contributed by atoms with Gasteiger partial charge in [-0.2, -0.15) is 0 Å². The SMILES string of the molecule is NCc1cc(CSc2cccs2)ccn1. The van der Waals surface area contributed by atoms with Crippen LogP contribution in [0.3, 0.4) is 0 Å². The Morgan fingerprint density at radius 1 is 1.40 bits per heavy atom. The number of rotatable bonds is 4. The van der Waals surface area contributed by atoms with Crippen molar-refractivity contribution in [2.75, 3.05) is 0 Å². The predicted octanol–water partition coefficient (Wildman–Crippen LogP) is 2.89. The summed E-state index contributed by atoms with van der Waals surface area (Å²) < 4.78 is 1.35. The molecule has 0 radical (unpaired) electrons. The third kappa shape index (κ3) is 3.06. The molecule has 0 fully saturated rings. The van der Waals surface area contributed by atoms with Gasteiger partial charge >= 0.3 is 0 Å². The monoisotopic (exact) mass is 236 g/mol. The van der Waals surface area contributed by atoms with E-state index in [1.54, 1.807) is 11.3 Å². The molecule has 0 unspecified atom stereocenters. The van der Waals surface area contributed by atoms with Crippen LogP contribution in [0.15, 0.2) is 40.1 Å². The first-order valence-electron chi connectivity index (χ1n) is 4.68. The first-order valence-corrected chi connectivity index (χ1v) is 6.55. The second kappa shape index (κ2) is 5.30. The van der Waals surface area contributed by atoms with Gasteiger partial charge in [0.25, 0.3) is 0 Å². The normalized spacial score (nSPS) is 10.5. The molecular weight excluding hydrogens is 224 g/mol. The van der Waals surface area contributed by atoms with Crippen molar-refractivity contribution in [2.45, 2.75) is 16.5 Å². The molecule has 0 atom stereocenters. The first kappa shape index (κ1) is 10.7. The van der Waals surface area contributed by atoms with Crippen LogP contribution in [-0.4, -0.2) is 4.98 Å². The Morgan fingerprint density at radius 2 is 2.33 bits per heavy atom. The summed E-state index contributed by atoms with van der Waals surface area (Å²) in [4.78, 5) is 4.17. The highest BCUT2D eigenvalue weighted by molar-refractivity contribution is 8.00. The highest BCUT2D eigenvalue weighted by Gasteiger charge is 1.98. The predicted molar refractivity (Wildman–Crippen MR) is 66.0 cm³/mol. The van der Waals surface area contributed by atoms with E-state index in [1.165, 1.54) is 9.77 Å². The molecule has 2 rings (SSSR count). The molecule has 0 bridgehead atoms. The van der Waals surface area contributed by atoms with E-state index in [2.05, 4.69) is 28.6 Å². The molecule has 0 aliphatic heterocycles. The fourth-order valence-corrected chi connectivity index (χ4v) is 2.96. The van der Waals surface area contributed by atoms with Crippen LogP contribution in [0.4, 0.5) is 0 Å². The highest BCUT2D eigenvalue weighted by atomic mass is 32.2. The van der Waals surface area contributed by atoms with Gasteiger partial charge in [-0.25, -0.2) is 0 Å². The second-order valence-corrected chi connectivity index (χ2v) is 5.30. The summed E-state index contributed by atoms with van der Waals surface area (Å²) in [5.41, 5.74) is 7.78. The molecule has 0 aromatic carbocycles. The van der Waals surface area contributed by atoms with E-state index < -0.39 is 0 Å². The summed E-state index contributed by atoms with van der Waals surface area (Å²) in [6.45, 7) is 0.511. The maximum absolute atomic E-state index is 5.54. The quantitative estimate of drug-likeness (QED) is 0.830. The zero-order valence-electron chi connectivity index (χ0n) is 8.22. The van der Waals surface area contributed by atoms with Crippen molar-refractivity contribution < 1.29 is 0 Å². The Morgan fingerprint density at radius 3 is 3.07 bits per heavy atom. The lowest BCUT2D eigenvalue weighted by atomic mass is 10.2. The number of hydrogen-bond acceptors (Lipinski definition) is 4. The van der Waals surface area contributed by atoms with Crippen LogP contribution in [0.5, 0.6) is 0 Å². The molecule has 0 aliphatic rings. The molecule has 0 saturated carbocycles. The van der Waals surface area contributed by atoms with Gasteiger partial charge in [0.05, 0.1) is 9.90 Å². The molecule has 4 heteroatoms. The number of hydrogen-bond donors (Lipinski definition) is 1. The maximum Gasteiger partial charge on any atom is 0.0601 e. The van der Waals surface area contributed by atoms with Crippen LogP contribution in [0, 0.1) is 0 Å². The molecule has 0 aliphatic carbocycles. The molecule has 2 aromatic rings. The zero-order chi connectivity index (χ0) is 10.5. The Hall–Kier alpha value is -0.840. The smallest absolute Gasteiger partial charge is 0.0601 e. The van der Waals surface area contributed by atoms with E-state index in [-0.39, 0.29) is 0 Å². The number of nitrogens with two attached hydrogens (primary N) is 1. The van der Waals surface area contributed by atoms with E-state index in [4.69, 9.17) is 5.73 Å². The summed E-state index contributed by atoms with van der Waals surface area (Å²) in [5, 5.41) is 2.10. The van der Waals surface area contributed by atoms with Gasteiger partial charge in [-0.05, 0) is 29.1 Å². The summed E-state index contributed by atoms with van der Waals surface area (Å²) in [7, 11) is 0. The lowest BCUT2D eigenvalue weighted by Gasteiger charge is -2.01. The summed E-state index contributed by atoms with van der Waals surface area (Å²) in [6.07, 6.45) is 1.83. The minimum atomic E-state index is 0.511. The van der Waals surface area contributed by atoms with E-state index >= 15 is 0 Å². The average Bonchev–Trinajstić information content (AvgIpc) is 2.79. The van der Waals surface area contributed by atoms with Crippen molar-refractivity contribution in [3.05, 3.63) is 47.1 Å². The lowest BCUT2D eigenvalue weighted by Crippen LogP contribution is -1.99. The van der Waals surface area contributed by atoms with Crippen LogP contribution in [0.2, 0.25) is 0 Å². The van der Waals surface area contributed by atoms with Crippen molar-refractivity contribution >= 4 is 23.1 Å². The highest BCUT2D eigenvalue weighted by Crippen LogP contribution is 2.26. The van der Waals surface area contributed by atoms with Crippen molar-refractivity contribution in [2.24, 2.45) is 5.73 Å². The largest absolute Gasteiger partial charge is 0.325 e. The van der Waals surface area contributed by atoms with Crippen LogP contribution in [0.1, 0.15) is 11.3 Å². The molecule has 2 heterocycles. The Balaban J connectivity index is 1.98. The molecule has 0 amide bonds. The van der Waals surface area contributed by atoms with Crippen molar-refractivity contribution in [1.82, 2.24) is 4.98 Å². The third-order valence-corrected chi connectivity index (χ3v) is 4.17. The molecule has 0 saturated heterocycles.